The highest BCUT2D eigenvalue weighted by Crippen LogP contribution is 2.34. The molecule has 8 nitrogen and oxygen atoms in total. The summed E-state index contributed by atoms with van der Waals surface area (Å²) in [5, 5.41) is 15.1. The van der Waals surface area contributed by atoms with E-state index >= 15 is 0 Å². The predicted molar refractivity (Wildman–Crippen MR) is 147 cm³/mol. The number of aryl methyl sites for hydroxylation is 1. The molecule has 0 bridgehead atoms. The Hall–Kier alpha value is -2.42. The third kappa shape index (κ3) is 5.29. The number of fused-ring (bicyclic) bond motifs is 1. The molecule has 37 heavy (non-hydrogen) atoms. The molecule has 198 valence electrons. The third-order valence-electron chi connectivity index (χ3n) is 8.06. The van der Waals surface area contributed by atoms with Crippen LogP contribution in [0.1, 0.15) is 63.3 Å². The molecule has 1 N–H and O–H groups in total. The monoisotopic (exact) mass is 544 g/mol. The first-order valence-electron chi connectivity index (χ1n) is 13.1. The normalized spacial score (nSPS) is 23.6. The number of carbonyl (C=O) groups is 1. The van der Waals surface area contributed by atoms with Crippen LogP contribution in [0.25, 0.3) is 11.2 Å². The van der Waals surface area contributed by atoms with E-state index in [0.717, 1.165) is 73.6 Å². The average molecular weight is 546 g/mol. The number of benzene rings is 1. The molecule has 1 aromatic carbocycles. The molecule has 10 heteroatoms. The zero-order valence-electron chi connectivity index (χ0n) is 21.6. The van der Waals surface area contributed by atoms with Crippen LogP contribution < -0.4 is 4.90 Å². The Morgan fingerprint density at radius 1 is 1.24 bits per heavy atom. The highest BCUT2D eigenvalue weighted by Gasteiger charge is 2.37. The number of piperidine rings is 1. The van der Waals surface area contributed by atoms with Gasteiger partial charge in [0.15, 0.2) is 5.65 Å². The molecule has 4 atom stereocenters. The number of carboxylic acid groups (broad SMARTS) is 1. The molecule has 5 rings (SSSR count). The first-order chi connectivity index (χ1) is 17.7. The fourth-order valence-electron chi connectivity index (χ4n) is 6.16. The molecule has 2 saturated heterocycles. The summed E-state index contributed by atoms with van der Waals surface area (Å²) in [4.78, 5) is 25.8. The lowest BCUT2D eigenvalue weighted by Gasteiger charge is -2.43. The smallest absolute Gasteiger partial charge is 0.303 e. The number of hydrogen-bond donors (Lipinski definition) is 1. The van der Waals surface area contributed by atoms with Crippen molar-refractivity contribution in [1.29, 1.82) is 0 Å². The van der Waals surface area contributed by atoms with Crippen molar-refractivity contribution in [3.05, 3.63) is 45.7 Å². The summed E-state index contributed by atoms with van der Waals surface area (Å²) in [6.07, 6.45) is 6.12. The van der Waals surface area contributed by atoms with Gasteiger partial charge < -0.3 is 10.0 Å². The molecule has 0 radical (unpaired) electrons. The second kappa shape index (κ2) is 10.8. The number of hydrogen-bond acceptors (Lipinski definition) is 6. The van der Waals surface area contributed by atoms with Crippen LogP contribution in [0.15, 0.2) is 24.4 Å². The maximum atomic E-state index is 11.1. The van der Waals surface area contributed by atoms with Crippen LogP contribution >= 0.6 is 23.2 Å². The number of aliphatic carboxylic acids is 1. The molecule has 4 heterocycles. The van der Waals surface area contributed by atoms with Gasteiger partial charge in [0.1, 0.15) is 11.3 Å². The van der Waals surface area contributed by atoms with Gasteiger partial charge in [0, 0.05) is 41.6 Å². The van der Waals surface area contributed by atoms with Crippen LogP contribution in [0.5, 0.6) is 0 Å². The number of likely N-dealkylation sites (tertiary alicyclic amines) is 1. The lowest BCUT2D eigenvalue weighted by atomic mass is 9.91. The Morgan fingerprint density at radius 2 is 2.05 bits per heavy atom. The van der Waals surface area contributed by atoms with Gasteiger partial charge in [-0.25, -0.2) is 14.6 Å². The van der Waals surface area contributed by atoms with E-state index < -0.39 is 5.97 Å². The van der Waals surface area contributed by atoms with E-state index in [0.29, 0.717) is 28.0 Å². The van der Waals surface area contributed by atoms with Crippen LogP contribution in [0.4, 0.5) is 5.82 Å². The van der Waals surface area contributed by atoms with Gasteiger partial charge in [0.25, 0.3) is 0 Å². The molecule has 2 aliphatic heterocycles. The van der Waals surface area contributed by atoms with Crippen molar-refractivity contribution >= 4 is 46.2 Å². The minimum absolute atomic E-state index is 0.131. The quantitative estimate of drug-likeness (QED) is 0.414. The second-order valence-electron chi connectivity index (χ2n) is 10.5. The van der Waals surface area contributed by atoms with Gasteiger partial charge in [-0.1, -0.05) is 36.2 Å². The van der Waals surface area contributed by atoms with E-state index in [1.54, 1.807) is 6.07 Å². The van der Waals surface area contributed by atoms with Crippen LogP contribution in [0, 0.1) is 12.8 Å². The van der Waals surface area contributed by atoms with Gasteiger partial charge in [-0.15, -0.1) is 0 Å². The Balaban J connectivity index is 1.36. The van der Waals surface area contributed by atoms with Gasteiger partial charge in [-0.3, -0.25) is 9.69 Å². The highest BCUT2D eigenvalue weighted by molar-refractivity contribution is 6.35. The van der Waals surface area contributed by atoms with Crippen LogP contribution in [-0.4, -0.2) is 67.4 Å². The summed E-state index contributed by atoms with van der Waals surface area (Å²) < 4.78 is 1.91. The van der Waals surface area contributed by atoms with Gasteiger partial charge >= 0.3 is 5.97 Å². The number of aromatic nitrogens is 4. The standard InChI is InChI=1S/C27H34Cl2N6O2/c1-16-15-33(12-10-23(16)34-11-4-5-20(34)7-9-25(36)37)24-14-30-26-17(2)32-35(27(26)31-24)18(3)21-8-6-19(28)13-22(21)29/h6,8,13-14,16,18,20,23H,4-5,7,9-12,15H2,1-3H3,(H,36,37)/t16-,18-,20+,23+/m1/s1. The molecule has 0 aliphatic carbocycles. The Kier molecular flexibility index (Phi) is 7.61. The fraction of sp³-hybridized carbons (Fsp3) is 0.556. The van der Waals surface area contributed by atoms with E-state index in [-0.39, 0.29) is 12.5 Å². The van der Waals surface area contributed by atoms with E-state index in [1.807, 2.05) is 29.9 Å². The number of nitrogens with zero attached hydrogens (tertiary/aromatic N) is 6. The largest absolute Gasteiger partial charge is 0.481 e. The number of anilines is 1. The van der Waals surface area contributed by atoms with E-state index in [4.69, 9.17) is 43.4 Å². The SMILES string of the molecule is Cc1nn([C@H](C)c2ccc(Cl)cc2Cl)c2nc(N3CC[C@H](N4CCC[C@H]4CCC(=O)O)[C@H](C)C3)cnc12. The van der Waals surface area contributed by atoms with Crippen molar-refractivity contribution in [2.24, 2.45) is 5.92 Å². The van der Waals surface area contributed by atoms with Gasteiger partial charge in [-0.05, 0) is 69.7 Å². The van der Waals surface area contributed by atoms with Crippen LogP contribution in [0.3, 0.4) is 0 Å². The summed E-state index contributed by atoms with van der Waals surface area (Å²) in [5.74, 6) is 0.595. The molecular weight excluding hydrogens is 511 g/mol. The molecule has 0 saturated carbocycles. The van der Waals surface area contributed by atoms with E-state index in [9.17, 15) is 4.79 Å². The molecule has 0 spiro atoms. The molecule has 2 fully saturated rings. The Labute approximate surface area is 227 Å². The zero-order chi connectivity index (χ0) is 26.3. The van der Waals surface area contributed by atoms with Crippen molar-refractivity contribution < 1.29 is 9.90 Å². The maximum Gasteiger partial charge on any atom is 0.303 e. The fourth-order valence-corrected chi connectivity index (χ4v) is 6.73. The highest BCUT2D eigenvalue weighted by atomic mass is 35.5. The summed E-state index contributed by atoms with van der Waals surface area (Å²) in [6.45, 7) is 9.15. The Bertz CT molecular complexity index is 1300. The summed E-state index contributed by atoms with van der Waals surface area (Å²) in [5.41, 5.74) is 3.30. The maximum absolute atomic E-state index is 11.1. The van der Waals surface area contributed by atoms with Gasteiger partial charge in [0.2, 0.25) is 0 Å². The second-order valence-corrected chi connectivity index (χ2v) is 11.4. The van der Waals surface area contributed by atoms with Gasteiger partial charge in [0.05, 0.1) is 17.9 Å². The lowest BCUT2D eigenvalue weighted by Crippen LogP contribution is -2.52. The first-order valence-corrected chi connectivity index (χ1v) is 13.9. The van der Waals surface area contributed by atoms with Crippen molar-refractivity contribution in [3.63, 3.8) is 0 Å². The molecule has 2 aromatic heterocycles. The van der Waals surface area contributed by atoms with Gasteiger partial charge in [-0.2, -0.15) is 5.10 Å². The summed E-state index contributed by atoms with van der Waals surface area (Å²) >= 11 is 12.6. The number of rotatable bonds is 7. The zero-order valence-corrected chi connectivity index (χ0v) is 23.1. The minimum Gasteiger partial charge on any atom is -0.481 e. The minimum atomic E-state index is -0.703. The van der Waals surface area contributed by atoms with Crippen molar-refractivity contribution in [1.82, 2.24) is 24.6 Å². The number of halogens is 2. The molecule has 3 aromatic rings. The number of carboxylic acids is 1. The molecular formula is C27H34Cl2N6O2. The van der Waals surface area contributed by atoms with E-state index in [2.05, 4.69) is 23.6 Å². The lowest BCUT2D eigenvalue weighted by molar-refractivity contribution is -0.137. The Morgan fingerprint density at radius 3 is 2.78 bits per heavy atom. The van der Waals surface area contributed by atoms with Crippen LogP contribution in [-0.2, 0) is 4.79 Å². The van der Waals surface area contributed by atoms with E-state index in [1.165, 1.54) is 0 Å². The third-order valence-corrected chi connectivity index (χ3v) is 8.62. The summed E-state index contributed by atoms with van der Waals surface area (Å²) in [7, 11) is 0. The summed E-state index contributed by atoms with van der Waals surface area (Å²) in [6, 6.07) is 6.24. The van der Waals surface area contributed by atoms with Crippen molar-refractivity contribution in [2.45, 2.75) is 71.0 Å². The van der Waals surface area contributed by atoms with Crippen molar-refractivity contribution in [3.8, 4) is 0 Å². The average Bonchev–Trinajstić information content (AvgIpc) is 3.46. The molecule has 0 amide bonds. The molecule has 2 aliphatic rings. The van der Waals surface area contributed by atoms with Crippen molar-refractivity contribution in [2.75, 3.05) is 24.5 Å². The predicted octanol–water partition coefficient (Wildman–Crippen LogP) is 5.59. The van der Waals surface area contributed by atoms with Crippen LogP contribution in [0.2, 0.25) is 10.0 Å². The molecule has 0 unspecified atom stereocenters. The first kappa shape index (κ1) is 26.2. The topological polar surface area (TPSA) is 87.4 Å².